The van der Waals surface area contributed by atoms with Crippen molar-refractivity contribution in [3.05, 3.63) is 64.0 Å². The Balaban J connectivity index is 1.48. The maximum atomic E-state index is 12.9. The third-order valence-corrected chi connectivity index (χ3v) is 8.95. The number of aromatic nitrogens is 1. The topological polar surface area (TPSA) is 50.3 Å². The lowest BCUT2D eigenvalue weighted by atomic mass is 10.0. The van der Waals surface area contributed by atoms with Gasteiger partial charge in [0.05, 0.1) is 15.8 Å². The summed E-state index contributed by atoms with van der Waals surface area (Å²) in [6, 6.07) is 12.7. The second-order valence-corrected chi connectivity index (χ2v) is 11.0. The molecule has 0 amide bonds. The van der Waals surface area contributed by atoms with Gasteiger partial charge in [0.25, 0.3) is 0 Å². The molecular formula is C22H23ClN2O2S2. The van der Waals surface area contributed by atoms with Gasteiger partial charge in [-0.25, -0.2) is 13.4 Å². The molecule has 0 atom stereocenters. The summed E-state index contributed by atoms with van der Waals surface area (Å²) in [5, 5.41) is 3.24. The van der Waals surface area contributed by atoms with E-state index < -0.39 is 9.84 Å². The number of sulfone groups is 1. The summed E-state index contributed by atoms with van der Waals surface area (Å²) in [5.74, 6) is 0. The number of nitrogens with zero attached hydrogens (tertiary/aromatic N) is 2. The standard InChI is InChI=1S/C22H23ClN2O2S2/c1-15-4-3-5-16(2)21(15)20-14-28-22(24-20)25-12-10-19(11-13-25)29(26,27)18-8-6-17(23)7-9-18/h3-9,14,19H,10-13H2,1-2H3. The van der Waals surface area contributed by atoms with Crippen LogP contribution in [0.4, 0.5) is 5.13 Å². The maximum Gasteiger partial charge on any atom is 0.185 e. The SMILES string of the molecule is Cc1cccc(C)c1-c1csc(N2CCC(S(=O)(=O)c3ccc(Cl)cc3)CC2)n1. The van der Waals surface area contributed by atoms with Gasteiger partial charge in [-0.3, -0.25) is 0 Å². The molecule has 1 aliphatic rings. The van der Waals surface area contributed by atoms with E-state index >= 15 is 0 Å². The van der Waals surface area contributed by atoms with E-state index in [1.165, 1.54) is 16.7 Å². The van der Waals surface area contributed by atoms with Crippen molar-refractivity contribution in [1.29, 1.82) is 0 Å². The van der Waals surface area contributed by atoms with Gasteiger partial charge in [-0.05, 0) is 62.1 Å². The van der Waals surface area contributed by atoms with E-state index in [1.807, 2.05) is 0 Å². The molecule has 0 saturated carbocycles. The summed E-state index contributed by atoms with van der Waals surface area (Å²) in [6.45, 7) is 5.59. The molecule has 1 fully saturated rings. The Bertz CT molecular complexity index is 1100. The Morgan fingerprint density at radius 2 is 1.66 bits per heavy atom. The molecule has 0 N–H and O–H groups in total. The van der Waals surface area contributed by atoms with Crippen LogP contribution in [0.5, 0.6) is 0 Å². The van der Waals surface area contributed by atoms with Crippen LogP contribution in [-0.4, -0.2) is 31.7 Å². The molecule has 0 radical (unpaired) electrons. The summed E-state index contributed by atoms with van der Waals surface area (Å²) >= 11 is 7.52. The molecule has 1 saturated heterocycles. The largest absolute Gasteiger partial charge is 0.348 e. The molecule has 1 aliphatic heterocycles. The van der Waals surface area contributed by atoms with E-state index in [2.05, 4.69) is 42.3 Å². The fourth-order valence-electron chi connectivity index (χ4n) is 3.92. The summed E-state index contributed by atoms with van der Waals surface area (Å²) in [6.07, 6.45) is 1.20. The van der Waals surface area contributed by atoms with Crippen molar-refractivity contribution < 1.29 is 8.42 Å². The highest BCUT2D eigenvalue weighted by Gasteiger charge is 2.32. The van der Waals surface area contributed by atoms with Crippen LogP contribution < -0.4 is 4.90 Å². The molecule has 4 rings (SSSR count). The van der Waals surface area contributed by atoms with E-state index in [-0.39, 0.29) is 5.25 Å². The molecule has 2 aromatic carbocycles. The molecule has 1 aromatic heterocycles. The highest BCUT2D eigenvalue weighted by molar-refractivity contribution is 7.92. The van der Waals surface area contributed by atoms with E-state index in [9.17, 15) is 8.42 Å². The fraction of sp³-hybridized carbons (Fsp3) is 0.318. The number of hydrogen-bond acceptors (Lipinski definition) is 5. The van der Waals surface area contributed by atoms with Gasteiger partial charge in [0.1, 0.15) is 0 Å². The number of benzene rings is 2. The summed E-state index contributed by atoms with van der Waals surface area (Å²) in [7, 11) is -3.34. The van der Waals surface area contributed by atoms with Crippen LogP contribution in [0.2, 0.25) is 5.02 Å². The van der Waals surface area contributed by atoms with Crippen LogP contribution in [0.25, 0.3) is 11.3 Å². The number of anilines is 1. The predicted octanol–water partition coefficient (Wildman–Crippen LogP) is 5.52. The lowest BCUT2D eigenvalue weighted by molar-refractivity contribution is 0.529. The van der Waals surface area contributed by atoms with Crippen molar-refractivity contribution in [2.24, 2.45) is 0 Å². The molecule has 4 nitrogen and oxygen atoms in total. The van der Waals surface area contributed by atoms with Crippen molar-refractivity contribution in [1.82, 2.24) is 4.98 Å². The van der Waals surface area contributed by atoms with Gasteiger partial charge in [0, 0.05) is 29.1 Å². The summed E-state index contributed by atoms with van der Waals surface area (Å²) in [4.78, 5) is 7.42. The minimum absolute atomic E-state index is 0.354. The number of rotatable bonds is 4. The van der Waals surface area contributed by atoms with Gasteiger partial charge in [-0.15, -0.1) is 11.3 Å². The number of aryl methyl sites for hydroxylation is 2. The first-order valence-electron chi connectivity index (χ1n) is 9.63. The molecule has 2 heterocycles. The number of hydrogen-bond donors (Lipinski definition) is 0. The first-order chi connectivity index (χ1) is 13.9. The van der Waals surface area contributed by atoms with Crippen LogP contribution in [0.15, 0.2) is 52.7 Å². The van der Waals surface area contributed by atoms with Crippen molar-refractivity contribution in [3.63, 3.8) is 0 Å². The number of halogens is 1. The molecule has 29 heavy (non-hydrogen) atoms. The first-order valence-corrected chi connectivity index (χ1v) is 12.4. The summed E-state index contributed by atoms with van der Waals surface area (Å²) < 4.78 is 25.9. The Morgan fingerprint density at radius 1 is 1.03 bits per heavy atom. The second kappa shape index (κ2) is 8.09. The highest BCUT2D eigenvalue weighted by atomic mass is 35.5. The minimum Gasteiger partial charge on any atom is -0.348 e. The number of piperidine rings is 1. The molecule has 3 aromatic rings. The Hall–Kier alpha value is -1.89. The van der Waals surface area contributed by atoms with Gasteiger partial charge in [-0.1, -0.05) is 29.8 Å². The lowest BCUT2D eigenvalue weighted by Gasteiger charge is -2.31. The average molecular weight is 447 g/mol. The van der Waals surface area contributed by atoms with E-state index in [0.29, 0.717) is 35.8 Å². The third kappa shape index (κ3) is 4.06. The third-order valence-electron chi connectivity index (χ3n) is 5.52. The highest BCUT2D eigenvalue weighted by Crippen LogP contribution is 2.34. The fourth-order valence-corrected chi connectivity index (χ4v) is 6.64. The van der Waals surface area contributed by atoms with E-state index in [1.54, 1.807) is 35.6 Å². The molecule has 0 aliphatic carbocycles. The normalized spacial score (nSPS) is 15.6. The van der Waals surface area contributed by atoms with Crippen molar-refractivity contribution in [3.8, 4) is 11.3 Å². The Kier molecular flexibility index (Phi) is 5.69. The van der Waals surface area contributed by atoms with Gasteiger partial charge in [0.2, 0.25) is 0 Å². The van der Waals surface area contributed by atoms with Crippen LogP contribution in [0, 0.1) is 13.8 Å². The van der Waals surface area contributed by atoms with Gasteiger partial charge in [-0.2, -0.15) is 0 Å². The predicted molar refractivity (Wildman–Crippen MR) is 121 cm³/mol. The van der Waals surface area contributed by atoms with Crippen LogP contribution >= 0.6 is 22.9 Å². The monoisotopic (exact) mass is 446 g/mol. The quantitative estimate of drug-likeness (QED) is 0.529. The van der Waals surface area contributed by atoms with E-state index in [4.69, 9.17) is 16.6 Å². The van der Waals surface area contributed by atoms with Gasteiger partial charge < -0.3 is 4.90 Å². The molecule has 7 heteroatoms. The first kappa shape index (κ1) is 20.4. The Morgan fingerprint density at radius 3 is 2.28 bits per heavy atom. The zero-order chi connectivity index (χ0) is 20.6. The second-order valence-electron chi connectivity index (χ2n) is 7.47. The number of thiazole rings is 1. The van der Waals surface area contributed by atoms with Crippen LogP contribution in [0.1, 0.15) is 24.0 Å². The zero-order valence-electron chi connectivity index (χ0n) is 16.4. The molecule has 0 spiro atoms. The molecule has 0 unspecified atom stereocenters. The summed E-state index contributed by atoms with van der Waals surface area (Å²) in [5.41, 5.74) is 4.62. The Labute approximate surface area is 181 Å². The van der Waals surface area contributed by atoms with Gasteiger partial charge >= 0.3 is 0 Å². The lowest BCUT2D eigenvalue weighted by Crippen LogP contribution is -2.39. The minimum atomic E-state index is -3.34. The van der Waals surface area contributed by atoms with E-state index in [0.717, 1.165) is 10.8 Å². The van der Waals surface area contributed by atoms with Crippen molar-refractivity contribution >= 4 is 37.9 Å². The zero-order valence-corrected chi connectivity index (χ0v) is 18.8. The maximum absolute atomic E-state index is 12.9. The average Bonchev–Trinajstić information content (AvgIpc) is 3.18. The molecule has 152 valence electrons. The van der Waals surface area contributed by atoms with Crippen molar-refractivity contribution in [2.75, 3.05) is 18.0 Å². The smallest absolute Gasteiger partial charge is 0.185 e. The molecular weight excluding hydrogens is 424 g/mol. The van der Waals surface area contributed by atoms with Crippen LogP contribution in [-0.2, 0) is 9.84 Å². The van der Waals surface area contributed by atoms with Gasteiger partial charge in [0.15, 0.2) is 15.0 Å². The molecule has 0 bridgehead atoms. The van der Waals surface area contributed by atoms with Crippen molar-refractivity contribution in [2.45, 2.75) is 36.8 Å². The van der Waals surface area contributed by atoms with Crippen LogP contribution in [0.3, 0.4) is 0 Å².